The Labute approximate surface area is 190 Å². The first-order valence-corrected chi connectivity index (χ1v) is 12.4. The van der Waals surface area contributed by atoms with Crippen LogP contribution in [0.2, 0.25) is 0 Å². The molecule has 0 unspecified atom stereocenters. The molecule has 0 saturated carbocycles. The molecule has 0 aliphatic heterocycles. The molecule has 0 aliphatic carbocycles. The van der Waals surface area contributed by atoms with Crippen molar-refractivity contribution in [1.82, 2.24) is 19.7 Å². The minimum absolute atomic E-state index is 0.0725. The van der Waals surface area contributed by atoms with E-state index in [9.17, 15) is 4.79 Å². The highest BCUT2D eigenvalue weighted by Gasteiger charge is 2.20. The van der Waals surface area contributed by atoms with Crippen LogP contribution >= 0.6 is 34.4 Å². The molecule has 9 heteroatoms. The molecule has 1 aromatic carbocycles. The van der Waals surface area contributed by atoms with Crippen LogP contribution in [-0.2, 0) is 5.75 Å². The number of rotatable bonds is 6. The van der Waals surface area contributed by atoms with Crippen LogP contribution in [0.25, 0.3) is 26.3 Å². The van der Waals surface area contributed by atoms with Gasteiger partial charge in [-0.15, -0.1) is 32.9 Å². The summed E-state index contributed by atoms with van der Waals surface area (Å²) < 4.78 is 7.41. The van der Waals surface area contributed by atoms with Crippen LogP contribution < -0.4 is 5.56 Å². The standard InChI is InChI=1S/C22H18N4O2S3/c1-13(2)19-25-24-17(28-19)12-31-22-23-20-18(15(11-30-20)16-9-6-10-29-16)21(27)26(22)14-7-4-3-5-8-14/h3-11,13H,12H2,1-2H3. The summed E-state index contributed by atoms with van der Waals surface area (Å²) in [6.45, 7) is 4.02. The second-order valence-corrected chi connectivity index (χ2v) is 9.90. The maximum absolute atomic E-state index is 13.7. The van der Waals surface area contributed by atoms with Crippen LogP contribution in [0.4, 0.5) is 0 Å². The van der Waals surface area contributed by atoms with Crippen molar-refractivity contribution < 1.29 is 4.42 Å². The van der Waals surface area contributed by atoms with E-state index in [1.807, 2.05) is 67.1 Å². The first kappa shape index (κ1) is 20.2. The maximum atomic E-state index is 13.7. The Morgan fingerprint density at radius 1 is 1.10 bits per heavy atom. The molecule has 0 aliphatic rings. The van der Waals surface area contributed by atoms with Crippen molar-refractivity contribution in [3.8, 4) is 16.1 Å². The zero-order valence-electron chi connectivity index (χ0n) is 16.8. The molecule has 0 bridgehead atoms. The van der Waals surface area contributed by atoms with E-state index in [4.69, 9.17) is 9.40 Å². The summed E-state index contributed by atoms with van der Waals surface area (Å²) in [5, 5.41) is 13.5. The molecule has 0 saturated heterocycles. The van der Waals surface area contributed by atoms with Gasteiger partial charge in [-0.25, -0.2) is 4.98 Å². The number of para-hydroxylation sites is 1. The minimum atomic E-state index is -0.0725. The minimum Gasteiger partial charge on any atom is -0.424 e. The predicted molar refractivity (Wildman–Crippen MR) is 126 cm³/mol. The number of thioether (sulfide) groups is 1. The summed E-state index contributed by atoms with van der Waals surface area (Å²) in [6, 6.07) is 13.6. The second kappa shape index (κ2) is 8.41. The van der Waals surface area contributed by atoms with E-state index in [-0.39, 0.29) is 11.5 Å². The normalized spacial score (nSPS) is 11.6. The Hall–Kier alpha value is -2.75. The molecule has 0 spiro atoms. The van der Waals surface area contributed by atoms with Crippen LogP contribution in [0.5, 0.6) is 0 Å². The van der Waals surface area contributed by atoms with Gasteiger partial charge in [-0.1, -0.05) is 49.9 Å². The van der Waals surface area contributed by atoms with Crippen molar-refractivity contribution >= 4 is 44.7 Å². The Balaban J connectivity index is 1.62. The predicted octanol–water partition coefficient (Wildman–Crippen LogP) is 5.97. The van der Waals surface area contributed by atoms with Gasteiger partial charge in [0.25, 0.3) is 5.56 Å². The number of fused-ring (bicyclic) bond motifs is 1. The van der Waals surface area contributed by atoms with Gasteiger partial charge in [0, 0.05) is 21.7 Å². The van der Waals surface area contributed by atoms with Crippen molar-refractivity contribution in [1.29, 1.82) is 0 Å². The fourth-order valence-electron chi connectivity index (χ4n) is 3.17. The lowest BCUT2D eigenvalue weighted by molar-refractivity contribution is 0.445. The SMILES string of the molecule is CC(C)c1nnc(CSc2nc3scc(-c4cccs4)c3c(=O)n2-c2ccccc2)o1. The third-order valence-electron chi connectivity index (χ3n) is 4.68. The molecule has 31 heavy (non-hydrogen) atoms. The maximum Gasteiger partial charge on any atom is 0.268 e. The summed E-state index contributed by atoms with van der Waals surface area (Å²) in [7, 11) is 0. The van der Waals surface area contributed by atoms with Crippen LogP contribution in [0.15, 0.2) is 67.6 Å². The van der Waals surface area contributed by atoms with Gasteiger partial charge in [-0.2, -0.15) is 0 Å². The lowest BCUT2D eigenvalue weighted by Gasteiger charge is -2.11. The largest absolute Gasteiger partial charge is 0.424 e. The highest BCUT2D eigenvalue weighted by Crippen LogP contribution is 2.35. The van der Waals surface area contributed by atoms with E-state index < -0.39 is 0 Å². The molecule has 0 fully saturated rings. The van der Waals surface area contributed by atoms with Gasteiger partial charge in [0.1, 0.15) is 4.83 Å². The lowest BCUT2D eigenvalue weighted by Crippen LogP contribution is -2.21. The van der Waals surface area contributed by atoms with Gasteiger partial charge in [0.2, 0.25) is 11.8 Å². The highest BCUT2D eigenvalue weighted by molar-refractivity contribution is 7.98. The van der Waals surface area contributed by atoms with Crippen molar-refractivity contribution in [2.24, 2.45) is 0 Å². The van der Waals surface area contributed by atoms with Gasteiger partial charge >= 0.3 is 0 Å². The quantitative estimate of drug-likeness (QED) is 0.227. The van der Waals surface area contributed by atoms with Gasteiger partial charge < -0.3 is 4.42 Å². The van der Waals surface area contributed by atoms with E-state index in [2.05, 4.69) is 10.2 Å². The van der Waals surface area contributed by atoms with Crippen molar-refractivity contribution in [2.45, 2.75) is 30.7 Å². The molecule has 5 rings (SSSR count). The lowest BCUT2D eigenvalue weighted by atomic mass is 10.2. The first-order chi connectivity index (χ1) is 15.1. The first-order valence-electron chi connectivity index (χ1n) is 9.70. The molecule has 0 radical (unpaired) electrons. The van der Waals surface area contributed by atoms with E-state index in [1.54, 1.807) is 15.9 Å². The number of thiophene rings is 2. The second-order valence-electron chi connectivity index (χ2n) is 7.15. The number of benzene rings is 1. The van der Waals surface area contributed by atoms with Crippen molar-refractivity contribution in [2.75, 3.05) is 0 Å². The van der Waals surface area contributed by atoms with E-state index in [0.717, 1.165) is 21.0 Å². The molecular weight excluding hydrogens is 448 g/mol. The zero-order chi connectivity index (χ0) is 21.4. The summed E-state index contributed by atoms with van der Waals surface area (Å²) in [5.41, 5.74) is 1.64. The van der Waals surface area contributed by atoms with E-state index >= 15 is 0 Å². The van der Waals surface area contributed by atoms with Crippen molar-refractivity contribution in [3.05, 3.63) is 75.4 Å². The molecule has 0 atom stereocenters. The molecule has 156 valence electrons. The monoisotopic (exact) mass is 466 g/mol. The summed E-state index contributed by atoms with van der Waals surface area (Å²) in [6.07, 6.45) is 0. The number of aromatic nitrogens is 4. The van der Waals surface area contributed by atoms with Gasteiger partial charge in [-0.3, -0.25) is 9.36 Å². The number of hydrogen-bond donors (Lipinski definition) is 0. The molecule has 0 amide bonds. The Morgan fingerprint density at radius 3 is 2.65 bits per heavy atom. The molecule has 0 N–H and O–H groups in total. The fourth-order valence-corrected chi connectivity index (χ4v) is 5.82. The van der Waals surface area contributed by atoms with Crippen LogP contribution in [0, 0.1) is 0 Å². The van der Waals surface area contributed by atoms with Crippen molar-refractivity contribution in [3.63, 3.8) is 0 Å². The third kappa shape index (κ3) is 3.84. The zero-order valence-corrected chi connectivity index (χ0v) is 19.3. The average Bonchev–Trinajstić information content (AvgIpc) is 3.52. The van der Waals surface area contributed by atoms with Crippen LogP contribution in [-0.4, -0.2) is 19.7 Å². The molecule has 6 nitrogen and oxygen atoms in total. The van der Waals surface area contributed by atoms with Gasteiger partial charge in [0.05, 0.1) is 16.8 Å². The van der Waals surface area contributed by atoms with Gasteiger partial charge in [-0.05, 0) is 23.6 Å². The summed E-state index contributed by atoms with van der Waals surface area (Å²) in [5.74, 6) is 1.74. The fraction of sp³-hybridized carbons (Fsp3) is 0.182. The Bertz CT molecular complexity index is 1390. The van der Waals surface area contributed by atoms with Crippen LogP contribution in [0.3, 0.4) is 0 Å². The third-order valence-corrected chi connectivity index (χ3v) is 7.38. The van der Waals surface area contributed by atoms with E-state index in [1.165, 1.54) is 23.1 Å². The smallest absolute Gasteiger partial charge is 0.268 e. The molecule has 4 heterocycles. The average molecular weight is 467 g/mol. The summed E-state index contributed by atoms with van der Waals surface area (Å²) >= 11 is 4.53. The topological polar surface area (TPSA) is 73.8 Å². The number of nitrogens with zero attached hydrogens (tertiary/aromatic N) is 4. The summed E-state index contributed by atoms with van der Waals surface area (Å²) in [4.78, 5) is 20.4. The van der Waals surface area contributed by atoms with Crippen LogP contribution in [0.1, 0.15) is 31.5 Å². The molecule has 5 aromatic rings. The Kier molecular flexibility index (Phi) is 5.47. The highest BCUT2D eigenvalue weighted by atomic mass is 32.2. The molecule has 4 aromatic heterocycles. The van der Waals surface area contributed by atoms with E-state index in [0.29, 0.717) is 28.1 Å². The Morgan fingerprint density at radius 2 is 1.94 bits per heavy atom. The molecular formula is C22H18N4O2S3. The van der Waals surface area contributed by atoms with Gasteiger partial charge in [0.15, 0.2) is 5.16 Å². The number of hydrogen-bond acceptors (Lipinski definition) is 8.